The molecule has 3 heteroatoms. The smallest absolute Gasteiger partial charge is 0.163 e. The van der Waals surface area contributed by atoms with Crippen molar-refractivity contribution in [2.45, 2.75) is 45.1 Å². The Morgan fingerprint density at radius 2 is 2.44 bits per heavy atom. The van der Waals surface area contributed by atoms with Crippen molar-refractivity contribution in [3.63, 3.8) is 0 Å². The standard InChI is InChI=1S/C13H19NOS/c1-10-8-11(9-16-10)13(15)6-5-12-4-2-3-7-14-12/h8-9,12,14H,2-7H2,1H3. The molecule has 1 fully saturated rings. The Hall–Kier alpha value is -0.670. The SMILES string of the molecule is Cc1cc(C(=O)CCC2CCCCN2)cs1. The van der Waals surface area contributed by atoms with Crippen molar-refractivity contribution in [2.24, 2.45) is 0 Å². The van der Waals surface area contributed by atoms with Crippen molar-refractivity contribution in [2.75, 3.05) is 6.54 Å². The highest BCUT2D eigenvalue weighted by Gasteiger charge is 2.15. The maximum atomic E-state index is 11.9. The fourth-order valence-electron chi connectivity index (χ4n) is 2.21. The van der Waals surface area contributed by atoms with Gasteiger partial charge in [-0.15, -0.1) is 11.3 Å². The number of nitrogens with one attached hydrogen (secondary N) is 1. The summed E-state index contributed by atoms with van der Waals surface area (Å²) >= 11 is 1.66. The Balaban J connectivity index is 1.79. The topological polar surface area (TPSA) is 29.1 Å². The van der Waals surface area contributed by atoms with E-state index in [-0.39, 0.29) is 0 Å². The van der Waals surface area contributed by atoms with Gasteiger partial charge in [0.1, 0.15) is 0 Å². The van der Waals surface area contributed by atoms with E-state index in [0.717, 1.165) is 18.5 Å². The van der Waals surface area contributed by atoms with E-state index in [9.17, 15) is 4.79 Å². The molecule has 1 aromatic heterocycles. The number of carbonyl (C=O) groups is 1. The molecule has 1 aliphatic heterocycles. The number of Topliss-reactive ketones (excluding diaryl/α,β-unsaturated/α-hetero) is 1. The van der Waals surface area contributed by atoms with Crippen LogP contribution in [0.15, 0.2) is 11.4 Å². The average Bonchev–Trinajstić information content (AvgIpc) is 2.74. The largest absolute Gasteiger partial charge is 0.314 e. The van der Waals surface area contributed by atoms with Crippen molar-refractivity contribution < 1.29 is 4.79 Å². The summed E-state index contributed by atoms with van der Waals surface area (Å²) in [5.74, 6) is 0.303. The van der Waals surface area contributed by atoms with Crippen LogP contribution in [-0.2, 0) is 0 Å². The van der Waals surface area contributed by atoms with Crippen molar-refractivity contribution in [1.82, 2.24) is 5.32 Å². The van der Waals surface area contributed by atoms with E-state index in [2.05, 4.69) is 5.32 Å². The highest BCUT2D eigenvalue weighted by molar-refractivity contribution is 7.10. The summed E-state index contributed by atoms with van der Waals surface area (Å²) in [6.45, 7) is 3.17. The molecule has 1 N–H and O–H groups in total. The first-order chi connectivity index (χ1) is 7.75. The first-order valence-corrected chi connectivity index (χ1v) is 6.95. The molecule has 0 aromatic carbocycles. The molecule has 0 amide bonds. The number of ketones is 1. The molecule has 1 aliphatic rings. The van der Waals surface area contributed by atoms with Gasteiger partial charge in [-0.2, -0.15) is 0 Å². The van der Waals surface area contributed by atoms with Crippen molar-refractivity contribution in [1.29, 1.82) is 0 Å². The van der Waals surface area contributed by atoms with Gasteiger partial charge >= 0.3 is 0 Å². The van der Waals surface area contributed by atoms with Gasteiger partial charge < -0.3 is 5.32 Å². The zero-order chi connectivity index (χ0) is 11.4. The molecular formula is C13H19NOS. The lowest BCUT2D eigenvalue weighted by atomic mass is 9.98. The molecule has 0 saturated carbocycles. The van der Waals surface area contributed by atoms with Crippen LogP contribution in [0.1, 0.15) is 47.3 Å². The molecular weight excluding hydrogens is 218 g/mol. The highest BCUT2D eigenvalue weighted by Crippen LogP contribution is 2.17. The van der Waals surface area contributed by atoms with Gasteiger partial charge in [0.25, 0.3) is 0 Å². The van der Waals surface area contributed by atoms with Gasteiger partial charge in [-0.3, -0.25) is 4.79 Å². The zero-order valence-corrected chi connectivity index (χ0v) is 10.6. The lowest BCUT2D eigenvalue weighted by Crippen LogP contribution is -2.34. The van der Waals surface area contributed by atoms with Gasteiger partial charge in [-0.25, -0.2) is 0 Å². The van der Waals surface area contributed by atoms with Crippen LogP contribution < -0.4 is 5.32 Å². The van der Waals surface area contributed by atoms with Gasteiger partial charge in [0, 0.05) is 28.3 Å². The summed E-state index contributed by atoms with van der Waals surface area (Å²) in [5, 5.41) is 5.46. The van der Waals surface area contributed by atoms with E-state index >= 15 is 0 Å². The molecule has 0 aliphatic carbocycles. The third-order valence-electron chi connectivity index (χ3n) is 3.18. The van der Waals surface area contributed by atoms with E-state index in [4.69, 9.17) is 0 Å². The Bertz CT molecular complexity index is 353. The second-order valence-electron chi connectivity index (χ2n) is 4.55. The third kappa shape index (κ3) is 3.16. The molecule has 1 aromatic rings. The van der Waals surface area contributed by atoms with Crippen LogP contribution in [0.2, 0.25) is 0 Å². The second-order valence-corrected chi connectivity index (χ2v) is 5.67. The summed E-state index contributed by atoms with van der Waals surface area (Å²) < 4.78 is 0. The first kappa shape index (κ1) is 11.8. The minimum absolute atomic E-state index is 0.303. The summed E-state index contributed by atoms with van der Waals surface area (Å²) in [4.78, 5) is 13.1. The molecule has 0 bridgehead atoms. The van der Waals surface area contributed by atoms with Crippen LogP contribution in [0.4, 0.5) is 0 Å². The molecule has 0 radical (unpaired) electrons. The zero-order valence-electron chi connectivity index (χ0n) is 9.79. The number of rotatable bonds is 4. The van der Waals surface area contributed by atoms with E-state index < -0.39 is 0 Å². The number of thiophene rings is 1. The third-order valence-corrected chi connectivity index (χ3v) is 4.05. The second kappa shape index (κ2) is 5.60. The summed E-state index contributed by atoms with van der Waals surface area (Å²) in [6.07, 6.45) is 5.51. The Morgan fingerprint density at radius 3 is 3.06 bits per heavy atom. The Labute approximate surface area is 101 Å². The summed E-state index contributed by atoms with van der Waals surface area (Å²) in [7, 11) is 0. The predicted molar refractivity (Wildman–Crippen MR) is 68.3 cm³/mol. The molecule has 16 heavy (non-hydrogen) atoms. The molecule has 1 saturated heterocycles. The van der Waals surface area contributed by atoms with Crippen molar-refractivity contribution in [3.8, 4) is 0 Å². The molecule has 2 rings (SSSR count). The van der Waals surface area contributed by atoms with Crippen LogP contribution >= 0.6 is 11.3 Å². The van der Waals surface area contributed by atoms with E-state index in [1.165, 1.54) is 24.1 Å². The van der Waals surface area contributed by atoms with E-state index in [0.29, 0.717) is 18.2 Å². The van der Waals surface area contributed by atoms with Crippen LogP contribution in [0.25, 0.3) is 0 Å². The minimum atomic E-state index is 0.303. The molecule has 88 valence electrons. The normalized spacial score (nSPS) is 20.9. The Morgan fingerprint density at radius 1 is 1.56 bits per heavy atom. The lowest BCUT2D eigenvalue weighted by Gasteiger charge is -2.22. The maximum absolute atomic E-state index is 11.9. The van der Waals surface area contributed by atoms with Crippen LogP contribution in [0, 0.1) is 6.92 Å². The quantitative estimate of drug-likeness (QED) is 0.815. The molecule has 0 spiro atoms. The number of hydrogen-bond donors (Lipinski definition) is 1. The van der Waals surface area contributed by atoms with Gasteiger partial charge in [0.05, 0.1) is 0 Å². The van der Waals surface area contributed by atoms with Crippen molar-refractivity contribution in [3.05, 3.63) is 21.9 Å². The lowest BCUT2D eigenvalue weighted by molar-refractivity contribution is 0.0974. The number of hydrogen-bond acceptors (Lipinski definition) is 3. The van der Waals surface area contributed by atoms with Gasteiger partial charge in [-0.05, 0) is 38.8 Å². The number of aryl methyl sites for hydroxylation is 1. The highest BCUT2D eigenvalue weighted by atomic mass is 32.1. The van der Waals surface area contributed by atoms with Gasteiger partial charge in [0.15, 0.2) is 5.78 Å². The van der Waals surface area contributed by atoms with Gasteiger partial charge in [0.2, 0.25) is 0 Å². The van der Waals surface area contributed by atoms with Crippen LogP contribution in [-0.4, -0.2) is 18.4 Å². The maximum Gasteiger partial charge on any atom is 0.163 e. The summed E-state index contributed by atoms with van der Waals surface area (Å²) in [6, 6.07) is 2.57. The minimum Gasteiger partial charge on any atom is -0.314 e. The van der Waals surface area contributed by atoms with E-state index in [1.807, 2.05) is 18.4 Å². The van der Waals surface area contributed by atoms with Crippen molar-refractivity contribution >= 4 is 17.1 Å². The molecule has 2 nitrogen and oxygen atoms in total. The fourth-order valence-corrected chi connectivity index (χ4v) is 2.92. The molecule has 1 atom stereocenters. The average molecular weight is 237 g/mol. The van der Waals surface area contributed by atoms with E-state index in [1.54, 1.807) is 11.3 Å². The number of carbonyl (C=O) groups excluding carboxylic acids is 1. The molecule has 1 unspecified atom stereocenters. The summed E-state index contributed by atoms with van der Waals surface area (Å²) in [5.41, 5.74) is 0.901. The van der Waals surface area contributed by atoms with Gasteiger partial charge in [-0.1, -0.05) is 6.42 Å². The van der Waals surface area contributed by atoms with Crippen LogP contribution in [0.5, 0.6) is 0 Å². The monoisotopic (exact) mass is 237 g/mol. The predicted octanol–water partition coefficient (Wildman–Crippen LogP) is 3.16. The first-order valence-electron chi connectivity index (χ1n) is 6.07. The number of piperidine rings is 1. The van der Waals surface area contributed by atoms with Crippen LogP contribution in [0.3, 0.4) is 0 Å². The Kier molecular flexibility index (Phi) is 4.13. The molecule has 2 heterocycles. The fraction of sp³-hybridized carbons (Fsp3) is 0.615.